The first kappa shape index (κ1) is 12.4. The van der Waals surface area contributed by atoms with Gasteiger partial charge < -0.3 is 14.8 Å². The van der Waals surface area contributed by atoms with Crippen LogP contribution in [0.1, 0.15) is 0 Å². The number of hydrogen-bond acceptors (Lipinski definition) is 4. The first-order valence-corrected chi connectivity index (χ1v) is 5.82. The number of benzene rings is 1. The summed E-state index contributed by atoms with van der Waals surface area (Å²) in [6, 6.07) is 3.96. The van der Waals surface area contributed by atoms with E-state index < -0.39 is 12.9 Å². The summed E-state index contributed by atoms with van der Waals surface area (Å²) in [5, 5.41) is 17.6. The lowest BCUT2D eigenvalue weighted by molar-refractivity contribution is 0.342. The van der Waals surface area contributed by atoms with Crippen LogP contribution in [0.25, 0.3) is 0 Å². The van der Waals surface area contributed by atoms with Crippen LogP contribution < -0.4 is 10.2 Å². The van der Waals surface area contributed by atoms with Crippen molar-refractivity contribution < 1.29 is 19.2 Å². The molecule has 3 nitrogen and oxygen atoms in total. The molecular weight excluding hydrogens is 218 g/mol. The van der Waals surface area contributed by atoms with E-state index >= 15 is 0 Å². The molecule has 0 aliphatic carbocycles. The SMILES string of the molecule is CSCCOc1ccc(B(O)O)c(F)c1. The molecule has 0 saturated heterocycles. The molecule has 1 aromatic carbocycles. The van der Waals surface area contributed by atoms with Crippen molar-refractivity contribution in [2.24, 2.45) is 0 Å². The van der Waals surface area contributed by atoms with E-state index in [-0.39, 0.29) is 5.46 Å². The lowest BCUT2D eigenvalue weighted by atomic mass is 9.80. The Morgan fingerprint density at radius 3 is 2.73 bits per heavy atom. The number of halogens is 1. The van der Waals surface area contributed by atoms with Crippen molar-refractivity contribution in [1.82, 2.24) is 0 Å². The van der Waals surface area contributed by atoms with Gasteiger partial charge in [-0.2, -0.15) is 11.8 Å². The van der Waals surface area contributed by atoms with Gasteiger partial charge in [-0.3, -0.25) is 0 Å². The van der Waals surface area contributed by atoms with Crippen molar-refractivity contribution in [3.63, 3.8) is 0 Å². The van der Waals surface area contributed by atoms with Crippen LogP contribution in [0.15, 0.2) is 18.2 Å². The Balaban J connectivity index is 2.65. The molecule has 0 amide bonds. The van der Waals surface area contributed by atoms with E-state index in [9.17, 15) is 4.39 Å². The second kappa shape index (κ2) is 6.00. The highest BCUT2D eigenvalue weighted by Crippen LogP contribution is 2.11. The number of thioether (sulfide) groups is 1. The molecule has 0 heterocycles. The molecule has 1 aromatic rings. The van der Waals surface area contributed by atoms with Crippen molar-refractivity contribution in [2.75, 3.05) is 18.6 Å². The monoisotopic (exact) mass is 230 g/mol. The summed E-state index contributed by atoms with van der Waals surface area (Å²) >= 11 is 1.63. The van der Waals surface area contributed by atoms with Crippen LogP contribution in [0.2, 0.25) is 0 Å². The maximum atomic E-state index is 13.2. The summed E-state index contributed by atoms with van der Waals surface area (Å²) in [6.07, 6.45) is 1.95. The van der Waals surface area contributed by atoms with Gasteiger partial charge in [0.1, 0.15) is 11.6 Å². The number of rotatable bonds is 5. The Kier molecular flexibility index (Phi) is 4.94. The van der Waals surface area contributed by atoms with Crippen LogP contribution in [-0.4, -0.2) is 35.8 Å². The zero-order valence-corrected chi connectivity index (χ0v) is 9.13. The Bertz CT molecular complexity index is 322. The predicted octanol–water partition coefficient (Wildman–Crippen LogP) is 0.247. The Hall–Kier alpha value is -0.715. The molecule has 0 bridgehead atoms. The second-order valence-electron chi connectivity index (χ2n) is 2.90. The summed E-state index contributed by atoms with van der Waals surface area (Å²) in [5.41, 5.74) is -0.146. The topological polar surface area (TPSA) is 49.7 Å². The minimum Gasteiger partial charge on any atom is -0.493 e. The molecule has 0 aromatic heterocycles. The van der Waals surface area contributed by atoms with Gasteiger partial charge in [0, 0.05) is 17.3 Å². The zero-order valence-electron chi connectivity index (χ0n) is 8.31. The summed E-state index contributed by atoms with van der Waals surface area (Å²) in [6.45, 7) is 0.502. The molecule has 6 heteroatoms. The molecule has 0 spiro atoms. The standard InChI is InChI=1S/C9H12BFO3S/c1-15-5-4-14-7-2-3-8(10(12)13)9(11)6-7/h2-3,6,12-13H,4-5H2,1H3. The van der Waals surface area contributed by atoms with Gasteiger partial charge in [0.2, 0.25) is 0 Å². The predicted molar refractivity (Wildman–Crippen MR) is 60.1 cm³/mol. The first-order chi connectivity index (χ1) is 7.15. The van der Waals surface area contributed by atoms with Gasteiger partial charge in [-0.25, -0.2) is 4.39 Å². The highest BCUT2D eigenvalue weighted by Gasteiger charge is 2.16. The van der Waals surface area contributed by atoms with E-state index in [1.165, 1.54) is 12.1 Å². The maximum absolute atomic E-state index is 13.2. The van der Waals surface area contributed by atoms with Gasteiger partial charge in [0.05, 0.1) is 6.61 Å². The number of ether oxygens (including phenoxy) is 1. The molecule has 0 unspecified atom stereocenters. The molecule has 0 radical (unpaired) electrons. The maximum Gasteiger partial charge on any atom is 0.491 e. The molecule has 0 aliphatic heterocycles. The van der Waals surface area contributed by atoms with Crippen LogP contribution in [0.4, 0.5) is 4.39 Å². The van der Waals surface area contributed by atoms with Gasteiger partial charge in [-0.1, -0.05) is 6.07 Å². The number of hydrogen-bond donors (Lipinski definition) is 2. The molecule has 0 atom stereocenters. The fourth-order valence-electron chi connectivity index (χ4n) is 1.05. The Morgan fingerprint density at radius 1 is 1.47 bits per heavy atom. The fourth-order valence-corrected chi connectivity index (χ4v) is 1.30. The lowest BCUT2D eigenvalue weighted by Gasteiger charge is -2.07. The highest BCUT2D eigenvalue weighted by molar-refractivity contribution is 7.98. The summed E-state index contributed by atoms with van der Waals surface area (Å²) in [5.74, 6) is 0.545. The van der Waals surface area contributed by atoms with E-state index in [0.717, 1.165) is 11.8 Å². The third kappa shape index (κ3) is 3.73. The van der Waals surface area contributed by atoms with Gasteiger partial charge in [0.25, 0.3) is 0 Å². The van der Waals surface area contributed by atoms with Crippen LogP contribution in [0, 0.1) is 5.82 Å². The third-order valence-corrected chi connectivity index (χ3v) is 2.38. The summed E-state index contributed by atoms with van der Waals surface area (Å²) in [7, 11) is -1.79. The third-order valence-electron chi connectivity index (χ3n) is 1.81. The second-order valence-corrected chi connectivity index (χ2v) is 3.88. The molecule has 0 aliphatic rings. The van der Waals surface area contributed by atoms with Gasteiger partial charge in [-0.15, -0.1) is 0 Å². The van der Waals surface area contributed by atoms with E-state index in [2.05, 4.69) is 0 Å². The van der Waals surface area contributed by atoms with Crippen LogP contribution in [0.3, 0.4) is 0 Å². The first-order valence-electron chi connectivity index (χ1n) is 4.42. The molecule has 0 saturated carbocycles. The Morgan fingerprint density at radius 2 is 2.20 bits per heavy atom. The largest absolute Gasteiger partial charge is 0.493 e. The van der Waals surface area contributed by atoms with Crippen molar-refractivity contribution in [1.29, 1.82) is 0 Å². The van der Waals surface area contributed by atoms with Gasteiger partial charge in [0.15, 0.2) is 0 Å². The van der Waals surface area contributed by atoms with Crippen molar-refractivity contribution in [2.45, 2.75) is 0 Å². The normalized spacial score (nSPS) is 10.1. The smallest absolute Gasteiger partial charge is 0.491 e. The van der Waals surface area contributed by atoms with E-state index in [1.54, 1.807) is 11.8 Å². The highest BCUT2D eigenvalue weighted by atomic mass is 32.2. The molecular formula is C9H12BFO3S. The zero-order chi connectivity index (χ0) is 11.3. The van der Waals surface area contributed by atoms with Crippen LogP contribution >= 0.6 is 11.8 Å². The molecule has 15 heavy (non-hydrogen) atoms. The van der Waals surface area contributed by atoms with Gasteiger partial charge >= 0.3 is 7.12 Å². The molecule has 2 N–H and O–H groups in total. The van der Waals surface area contributed by atoms with Crippen LogP contribution in [0.5, 0.6) is 5.75 Å². The van der Waals surface area contributed by atoms with Crippen molar-refractivity contribution >= 4 is 24.3 Å². The van der Waals surface area contributed by atoms with Crippen LogP contribution in [-0.2, 0) is 0 Å². The fraction of sp³-hybridized carbons (Fsp3) is 0.333. The van der Waals surface area contributed by atoms with E-state index in [0.29, 0.717) is 12.4 Å². The minimum absolute atomic E-state index is 0.146. The van der Waals surface area contributed by atoms with E-state index in [4.69, 9.17) is 14.8 Å². The molecule has 82 valence electrons. The Labute approximate surface area is 92.4 Å². The quantitative estimate of drug-likeness (QED) is 0.562. The van der Waals surface area contributed by atoms with E-state index in [1.807, 2.05) is 6.26 Å². The minimum atomic E-state index is -1.79. The average Bonchev–Trinajstić information content (AvgIpc) is 2.17. The molecule has 1 rings (SSSR count). The lowest BCUT2D eigenvalue weighted by Crippen LogP contribution is -2.32. The summed E-state index contributed by atoms with van der Waals surface area (Å²) < 4.78 is 18.4. The van der Waals surface area contributed by atoms with Crippen molar-refractivity contribution in [3.8, 4) is 5.75 Å². The van der Waals surface area contributed by atoms with Gasteiger partial charge in [-0.05, 0) is 12.3 Å². The molecule has 0 fully saturated rings. The summed E-state index contributed by atoms with van der Waals surface area (Å²) in [4.78, 5) is 0. The average molecular weight is 230 g/mol. The van der Waals surface area contributed by atoms with Crippen molar-refractivity contribution in [3.05, 3.63) is 24.0 Å².